The van der Waals surface area contributed by atoms with Crippen molar-refractivity contribution in [3.8, 4) is 29.1 Å². The van der Waals surface area contributed by atoms with E-state index in [0.29, 0.717) is 29.4 Å². The van der Waals surface area contributed by atoms with Crippen LogP contribution in [0.5, 0.6) is 23.0 Å². The summed E-state index contributed by atoms with van der Waals surface area (Å²) in [6, 6.07) is 11.9. The molecule has 0 fully saturated rings. The van der Waals surface area contributed by atoms with E-state index >= 15 is 0 Å². The Kier molecular flexibility index (Phi) is 5.63. The number of nitrogens with zero attached hydrogens (tertiary/aromatic N) is 1. The van der Waals surface area contributed by atoms with Crippen LogP contribution in [0.2, 0.25) is 0 Å². The molecule has 0 saturated carbocycles. The highest BCUT2D eigenvalue weighted by atomic mass is 16.5. The second-order valence-electron chi connectivity index (χ2n) is 4.78. The number of hydrogen-bond donors (Lipinski definition) is 0. The van der Waals surface area contributed by atoms with Gasteiger partial charge >= 0.3 is 5.97 Å². The van der Waals surface area contributed by atoms with Crippen molar-refractivity contribution >= 4 is 5.97 Å². The first-order valence-corrected chi connectivity index (χ1v) is 7.11. The van der Waals surface area contributed by atoms with Crippen LogP contribution in [-0.4, -0.2) is 27.3 Å². The minimum absolute atomic E-state index is 0.219. The number of nitriles is 1. The summed E-state index contributed by atoms with van der Waals surface area (Å²) < 4.78 is 21.0. The number of carbonyl (C=O) groups excluding carboxylic acids is 1. The van der Waals surface area contributed by atoms with Gasteiger partial charge in [-0.15, -0.1) is 0 Å². The van der Waals surface area contributed by atoms with Crippen LogP contribution >= 0.6 is 0 Å². The highest BCUT2D eigenvalue weighted by Gasteiger charge is 2.19. The SMILES string of the molecule is COc1cc(OC)c(C(=O)Oc2ccc(CC#N)cc2)cc1OC. The number of hydrogen-bond acceptors (Lipinski definition) is 6. The Morgan fingerprint density at radius 3 is 2.08 bits per heavy atom. The molecule has 0 saturated heterocycles. The first-order valence-electron chi connectivity index (χ1n) is 7.11. The van der Waals surface area contributed by atoms with Crippen LogP contribution in [0.25, 0.3) is 0 Å². The maximum atomic E-state index is 12.4. The third kappa shape index (κ3) is 3.76. The fourth-order valence-electron chi connectivity index (χ4n) is 2.12. The number of benzene rings is 2. The molecule has 6 nitrogen and oxygen atoms in total. The van der Waals surface area contributed by atoms with Crippen molar-refractivity contribution in [2.75, 3.05) is 21.3 Å². The van der Waals surface area contributed by atoms with Gasteiger partial charge in [-0.25, -0.2) is 4.79 Å². The molecule has 124 valence electrons. The van der Waals surface area contributed by atoms with Crippen LogP contribution in [-0.2, 0) is 6.42 Å². The zero-order valence-electron chi connectivity index (χ0n) is 13.7. The van der Waals surface area contributed by atoms with E-state index in [-0.39, 0.29) is 5.56 Å². The van der Waals surface area contributed by atoms with E-state index in [2.05, 4.69) is 6.07 Å². The summed E-state index contributed by atoms with van der Waals surface area (Å²) in [6.07, 6.45) is 0.303. The standard InChI is InChI=1S/C18H17NO5/c1-21-15-11-17(23-3)16(22-2)10-14(15)18(20)24-13-6-4-12(5-7-13)8-9-19/h4-7,10-11H,8H2,1-3H3. The molecule has 2 rings (SSSR count). The van der Waals surface area contributed by atoms with Gasteiger partial charge in [0.25, 0.3) is 0 Å². The van der Waals surface area contributed by atoms with Gasteiger partial charge < -0.3 is 18.9 Å². The molecule has 0 aliphatic rings. The first kappa shape index (κ1) is 17.2. The summed E-state index contributed by atoms with van der Waals surface area (Å²) in [6.45, 7) is 0. The van der Waals surface area contributed by atoms with Gasteiger partial charge in [0.05, 0.1) is 33.8 Å². The Morgan fingerprint density at radius 2 is 1.54 bits per heavy atom. The molecule has 0 bridgehead atoms. The Balaban J connectivity index is 2.27. The molecule has 0 heterocycles. The van der Waals surface area contributed by atoms with Crippen LogP contribution in [0.1, 0.15) is 15.9 Å². The number of ether oxygens (including phenoxy) is 4. The molecule has 24 heavy (non-hydrogen) atoms. The van der Waals surface area contributed by atoms with Crippen molar-refractivity contribution < 1.29 is 23.7 Å². The van der Waals surface area contributed by atoms with E-state index in [0.717, 1.165) is 5.56 Å². The predicted molar refractivity (Wildman–Crippen MR) is 86.8 cm³/mol. The Morgan fingerprint density at radius 1 is 0.958 bits per heavy atom. The fraction of sp³-hybridized carbons (Fsp3) is 0.222. The van der Waals surface area contributed by atoms with Gasteiger partial charge in [-0.3, -0.25) is 0 Å². The number of rotatable bonds is 6. The zero-order chi connectivity index (χ0) is 17.5. The molecule has 0 unspecified atom stereocenters. The first-order chi connectivity index (χ1) is 11.6. The van der Waals surface area contributed by atoms with E-state index in [1.165, 1.54) is 27.4 Å². The Bertz CT molecular complexity index is 762. The normalized spacial score (nSPS) is 9.75. The van der Waals surface area contributed by atoms with Crippen molar-refractivity contribution in [3.63, 3.8) is 0 Å². The summed E-state index contributed by atoms with van der Waals surface area (Å²) in [5.41, 5.74) is 1.07. The van der Waals surface area contributed by atoms with Crippen molar-refractivity contribution in [2.45, 2.75) is 6.42 Å². The average molecular weight is 327 g/mol. The highest BCUT2D eigenvalue weighted by Crippen LogP contribution is 2.35. The van der Waals surface area contributed by atoms with E-state index in [1.807, 2.05) is 0 Å². The molecule has 0 aromatic heterocycles. The van der Waals surface area contributed by atoms with Gasteiger partial charge in [0.2, 0.25) is 0 Å². The van der Waals surface area contributed by atoms with Crippen LogP contribution in [0.15, 0.2) is 36.4 Å². The summed E-state index contributed by atoms with van der Waals surface area (Å²) in [5, 5.41) is 8.66. The largest absolute Gasteiger partial charge is 0.496 e. The predicted octanol–water partition coefficient (Wildman–Crippen LogP) is 3.00. The lowest BCUT2D eigenvalue weighted by atomic mass is 10.1. The molecule has 0 aliphatic carbocycles. The summed E-state index contributed by atoms with van der Waals surface area (Å²) in [7, 11) is 4.43. The highest BCUT2D eigenvalue weighted by molar-refractivity contribution is 5.95. The molecule has 2 aromatic carbocycles. The van der Waals surface area contributed by atoms with Gasteiger partial charge in [-0.05, 0) is 17.7 Å². The quantitative estimate of drug-likeness (QED) is 0.599. The molecule has 0 N–H and O–H groups in total. The van der Waals surface area contributed by atoms with Crippen LogP contribution < -0.4 is 18.9 Å². The van der Waals surface area contributed by atoms with Gasteiger partial charge in [0.15, 0.2) is 11.5 Å². The minimum Gasteiger partial charge on any atom is -0.496 e. The molecule has 0 radical (unpaired) electrons. The van der Waals surface area contributed by atoms with E-state index in [9.17, 15) is 4.79 Å². The van der Waals surface area contributed by atoms with E-state index < -0.39 is 5.97 Å². The molecular formula is C18H17NO5. The Labute approximate surface area is 140 Å². The lowest BCUT2D eigenvalue weighted by Crippen LogP contribution is -2.11. The van der Waals surface area contributed by atoms with E-state index in [1.54, 1.807) is 30.3 Å². The lowest BCUT2D eigenvalue weighted by Gasteiger charge is -2.13. The van der Waals surface area contributed by atoms with Crippen LogP contribution in [0.4, 0.5) is 0 Å². The smallest absolute Gasteiger partial charge is 0.347 e. The summed E-state index contributed by atoms with van der Waals surface area (Å²) >= 11 is 0. The number of methoxy groups -OCH3 is 3. The summed E-state index contributed by atoms with van der Waals surface area (Å²) in [5.74, 6) is 0.958. The number of carbonyl (C=O) groups is 1. The average Bonchev–Trinajstić information content (AvgIpc) is 2.62. The molecule has 2 aromatic rings. The third-order valence-corrected chi connectivity index (χ3v) is 3.34. The van der Waals surface area contributed by atoms with Crippen LogP contribution in [0.3, 0.4) is 0 Å². The Hall–Kier alpha value is -3.20. The van der Waals surface area contributed by atoms with E-state index in [4.69, 9.17) is 24.2 Å². The third-order valence-electron chi connectivity index (χ3n) is 3.34. The lowest BCUT2D eigenvalue weighted by molar-refractivity contribution is 0.0730. The second-order valence-corrected chi connectivity index (χ2v) is 4.78. The van der Waals surface area contributed by atoms with Crippen molar-refractivity contribution in [3.05, 3.63) is 47.5 Å². The van der Waals surface area contributed by atoms with Crippen molar-refractivity contribution in [2.24, 2.45) is 0 Å². The fourth-order valence-corrected chi connectivity index (χ4v) is 2.12. The maximum Gasteiger partial charge on any atom is 0.347 e. The van der Waals surface area contributed by atoms with Crippen molar-refractivity contribution in [1.29, 1.82) is 5.26 Å². The molecule has 0 spiro atoms. The monoisotopic (exact) mass is 327 g/mol. The second kappa shape index (κ2) is 7.88. The minimum atomic E-state index is -0.583. The maximum absolute atomic E-state index is 12.4. The molecule has 0 atom stereocenters. The summed E-state index contributed by atoms with van der Waals surface area (Å²) in [4.78, 5) is 12.4. The zero-order valence-corrected chi connectivity index (χ0v) is 13.7. The van der Waals surface area contributed by atoms with Crippen LogP contribution in [0, 0.1) is 11.3 Å². The number of esters is 1. The van der Waals surface area contributed by atoms with Gasteiger partial charge in [0.1, 0.15) is 17.1 Å². The molecule has 6 heteroatoms. The topological polar surface area (TPSA) is 77.8 Å². The van der Waals surface area contributed by atoms with Gasteiger partial charge in [-0.1, -0.05) is 12.1 Å². The van der Waals surface area contributed by atoms with Gasteiger partial charge in [-0.2, -0.15) is 5.26 Å². The molecule has 0 amide bonds. The van der Waals surface area contributed by atoms with Crippen molar-refractivity contribution in [1.82, 2.24) is 0 Å². The molecule has 0 aliphatic heterocycles. The molecular weight excluding hydrogens is 310 g/mol. The van der Waals surface area contributed by atoms with Gasteiger partial charge in [0, 0.05) is 12.1 Å².